The molecular weight excluding hydrogens is 237 g/mol. The second kappa shape index (κ2) is 6.35. The number of nitrogens with one attached hydrogen (secondary N) is 1. The summed E-state index contributed by atoms with van der Waals surface area (Å²) in [5.74, 6) is -1.30. The van der Waals surface area contributed by atoms with Gasteiger partial charge in [0, 0.05) is 12.1 Å². The maximum Gasteiger partial charge on any atom is 0.327 e. The summed E-state index contributed by atoms with van der Waals surface area (Å²) in [6.45, 7) is 5.68. The van der Waals surface area contributed by atoms with Gasteiger partial charge in [0.15, 0.2) is 0 Å². The molecule has 0 amide bonds. The fraction of sp³-hybridized carbons (Fsp3) is 0.462. The summed E-state index contributed by atoms with van der Waals surface area (Å²) in [6, 6.07) is 2.77. The largest absolute Gasteiger partial charge is 0.508 e. The van der Waals surface area contributed by atoms with Crippen molar-refractivity contribution in [1.82, 2.24) is 5.32 Å². The van der Waals surface area contributed by atoms with E-state index in [1.54, 1.807) is 6.92 Å². The van der Waals surface area contributed by atoms with E-state index in [9.17, 15) is 14.3 Å². The number of carbonyl (C=O) groups excluding carboxylic acids is 1. The van der Waals surface area contributed by atoms with E-state index in [4.69, 9.17) is 4.74 Å². The molecular formula is C13H18FNO3. The fourth-order valence-electron chi connectivity index (χ4n) is 1.62. The van der Waals surface area contributed by atoms with Crippen molar-refractivity contribution in [3.05, 3.63) is 29.6 Å². The molecule has 0 aliphatic rings. The lowest BCUT2D eigenvalue weighted by atomic mass is 10.1. The Kier molecular flexibility index (Phi) is 5.09. The van der Waals surface area contributed by atoms with E-state index in [-0.39, 0.29) is 18.4 Å². The van der Waals surface area contributed by atoms with E-state index in [1.807, 2.05) is 13.8 Å². The average molecular weight is 255 g/mol. The molecule has 1 aromatic carbocycles. The Hall–Kier alpha value is -1.62. The van der Waals surface area contributed by atoms with Gasteiger partial charge in [0.2, 0.25) is 0 Å². The molecule has 0 spiro atoms. The van der Waals surface area contributed by atoms with Gasteiger partial charge in [-0.2, -0.15) is 0 Å². The molecule has 1 aromatic rings. The lowest BCUT2D eigenvalue weighted by molar-refractivity contribution is -0.146. The van der Waals surface area contributed by atoms with Gasteiger partial charge < -0.3 is 9.84 Å². The lowest BCUT2D eigenvalue weighted by Gasteiger charge is -2.20. The zero-order valence-electron chi connectivity index (χ0n) is 10.7. The lowest BCUT2D eigenvalue weighted by Crippen LogP contribution is -2.34. The van der Waals surface area contributed by atoms with Crippen LogP contribution in [-0.4, -0.2) is 23.7 Å². The first-order valence-electron chi connectivity index (χ1n) is 5.86. The number of rotatable bonds is 5. The molecule has 1 rings (SSSR count). The topological polar surface area (TPSA) is 58.6 Å². The van der Waals surface area contributed by atoms with Crippen LogP contribution in [0.15, 0.2) is 18.2 Å². The van der Waals surface area contributed by atoms with Crippen molar-refractivity contribution < 1.29 is 19.0 Å². The summed E-state index contributed by atoms with van der Waals surface area (Å²) >= 11 is 0. The molecule has 0 aromatic heterocycles. The summed E-state index contributed by atoms with van der Waals surface area (Å²) in [4.78, 5) is 11.8. The maximum absolute atomic E-state index is 13.2. The van der Waals surface area contributed by atoms with E-state index < -0.39 is 17.8 Å². The quantitative estimate of drug-likeness (QED) is 0.791. The van der Waals surface area contributed by atoms with Crippen molar-refractivity contribution in [3.63, 3.8) is 0 Å². The number of phenolic OH excluding ortho intramolecular Hbond substituents is 1. The fourth-order valence-corrected chi connectivity index (χ4v) is 1.62. The monoisotopic (exact) mass is 255 g/mol. The van der Waals surface area contributed by atoms with Gasteiger partial charge in [-0.1, -0.05) is 0 Å². The Morgan fingerprint density at radius 3 is 2.61 bits per heavy atom. The van der Waals surface area contributed by atoms with Crippen LogP contribution >= 0.6 is 0 Å². The van der Waals surface area contributed by atoms with Crippen molar-refractivity contribution >= 4 is 5.97 Å². The number of phenols is 1. The highest BCUT2D eigenvalue weighted by molar-refractivity contribution is 5.77. The van der Waals surface area contributed by atoms with Crippen molar-refractivity contribution in [1.29, 1.82) is 0 Å². The minimum Gasteiger partial charge on any atom is -0.508 e. The molecule has 0 fully saturated rings. The molecule has 0 heterocycles. The van der Waals surface area contributed by atoms with Gasteiger partial charge in [-0.05, 0) is 38.5 Å². The van der Waals surface area contributed by atoms with Crippen LogP contribution in [0.3, 0.4) is 0 Å². The number of hydrogen-bond donors (Lipinski definition) is 2. The van der Waals surface area contributed by atoms with Gasteiger partial charge in [-0.15, -0.1) is 0 Å². The molecule has 0 bridgehead atoms. The second-order valence-corrected chi connectivity index (χ2v) is 4.25. The zero-order chi connectivity index (χ0) is 13.7. The molecule has 5 heteroatoms. The van der Waals surface area contributed by atoms with Crippen LogP contribution < -0.4 is 5.32 Å². The Bertz CT molecular complexity index is 400. The second-order valence-electron chi connectivity index (χ2n) is 4.25. The molecule has 0 aliphatic heterocycles. The van der Waals surface area contributed by atoms with E-state index >= 15 is 0 Å². The summed E-state index contributed by atoms with van der Waals surface area (Å²) in [5, 5.41) is 12.4. The molecule has 1 unspecified atom stereocenters. The van der Waals surface area contributed by atoms with E-state index in [1.165, 1.54) is 12.1 Å². The third-order valence-corrected chi connectivity index (χ3v) is 2.26. The van der Waals surface area contributed by atoms with Gasteiger partial charge in [0.25, 0.3) is 0 Å². The molecule has 100 valence electrons. The van der Waals surface area contributed by atoms with Gasteiger partial charge >= 0.3 is 5.97 Å². The van der Waals surface area contributed by atoms with Crippen molar-refractivity contribution in [2.75, 3.05) is 6.61 Å². The van der Waals surface area contributed by atoms with Gasteiger partial charge in [-0.25, -0.2) is 9.18 Å². The third-order valence-electron chi connectivity index (χ3n) is 2.26. The van der Waals surface area contributed by atoms with Crippen LogP contribution in [0, 0.1) is 5.82 Å². The van der Waals surface area contributed by atoms with Crippen molar-refractivity contribution in [2.45, 2.75) is 32.9 Å². The smallest absolute Gasteiger partial charge is 0.327 e. The first-order chi connectivity index (χ1) is 8.43. The SMILES string of the molecule is CCOC(=O)C(NC(C)C)c1cc(O)cc(F)c1. The zero-order valence-corrected chi connectivity index (χ0v) is 10.7. The average Bonchev–Trinajstić information content (AvgIpc) is 2.24. The van der Waals surface area contributed by atoms with Gasteiger partial charge in [-0.3, -0.25) is 5.32 Å². The minimum atomic E-state index is -0.786. The number of carbonyl (C=O) groups is 1. The summed E-state index contributed by atoms with van der Waals surface area (Å²) in [5.41, 5.74) is 0.347. The van der Waals surface area contributed by atoms with Crippen LogP contribution in [0.5, 0.6) is 5.75 Å². The molecule has 18 heavy (non-hydrogen) atoms. The van der Waals surface area contributed by atoms with Crippen LogP contribution in [-0.2, 0) is 9.53 Å². The number of aromatic hydroxyl groups is 1. The standard InChI is InChI=1S/C13H18FNO3/c1-4-18-13(17)12(15-8(2)3)9-5-10(14)7-11(16)6-9/h5-8,12,15-16H,4H2,1-3H3. The molecule has 4 nitrogen and oxygen atoms in total. The highest BCUT2D eigenvalue weighted by Gasteiger charge is 2.23. The van der Waals surface area contributed by atoms with Gasteiger partial charge in [0.05, 0.1) is 6.61 Å². The molecule has 0 radical (unpaired) electrons. The summed E-state index contributed by atoms with van der Waals surface area (Å²) in [7, 11) is 0. The summed E-state index contributed by atoms with van der Waals surface area (Å²) in [6.07, 6.45) is 0. The number of ether oxygens (including phenoxy) is 1. The molecule has 0 aliphatic carbocycles. The predicted molar refractivity (Wildman–Crippen MR) is 65.7 cm³/mol. The first-order valence-corrected chi connectivity index (χ1v) is 5.86. The third kappa shape index (κ3) is 4.00. The van der Waals surface area contributed by atoms with Crippen LogP contribution in [0.2, 0.25) is 0 Å². The first kappa shape index (κ1) is 14.4. The Morgan fingerprint density at radius 2 is 2.11 bits per heavy atom. The minimum absolute atomic E-state index is 0.0183. The van der Waals surface area contributed by atoms with Crippen molar-refractivity contribution in [2.24, 2.45) is 0 Å². The van der Waals surface area contributed by atoms with Crippen LogP contribution in [0.1, 0.15) is 32.4 Å². The summed E-state index contributed by atoms with van der Waals surface area (Å²) < 4.78 is 18.2. The van der Waals surface area contributed by atoms with Crippen molar-refractivity contribution in [3.8, 4) is 5.75 Å². The predicted octanol–water partition coefficient (Wildman–Crippen LogP) is 2.13. The maximum atomic E-state index is 13.2. The van der Waals surface area contributed by atoms with E-state index in [2.05, 4.69) is 5.32 Å². The van der Waals surface area contributed by atoms with Gasteiger partial charge in [0.1, 0.15) is 17.6 Å². The molecule has 0 saturated carbocycles. The number of benzene rings is 1. The molecule has 0 saturated heterocycles. The van der Waals surface area contributed by atoms with Crippen LogP contribution in [0.25, 0.3) is 0 Å². The highest BCUT2D eigenvalue weighted by atomic mass is 19.1. The Balaban J connectivity index is 3.04. The molecule has 2 N–H and O–H groups in total. The number of halogens is 1. The molecule has 1 atom stereocenters. The van der Waals surface area contributed by atoms with Crippen LogP contribution in [0.4, 0.5) is 4.39 Å². The number of hydrogen-bond acceptors (Lipinski definition) is 4. The Labute approximate surface area is 106 Å². The van der Waals surface area contributed by atoms with E-state index in [0.717, 1.165) is 6.07 Å². The van der Waals surface area contributed by atoms with E-state index in [0.29, 0.717) is 5.56 Å². The highest BCUT2D eigenvalue weighted by Crippen LogP contribution is 2.22. The normalized spacial score (nSPS) is 12.5. The Morgan fingerprint density at radius 1 is 1.44 bits per heavy atom. The number of esters is 1.